The topological polar surface area (TPSA) is 27.9 Å². The Bertz CT molecular complexity index is 2310. The lowest BCUT2D eigenvalue weighted by atomic mass is 10.1. The predicted octanol–water partition coefficient (Wildman–Crippen LogP) is 10.1. The molecule has 0 bridgehead atoms. The first-order valence-electron chi connectivity index (χ1n) is 13.7. The minimum absolute atomic E-state index is 0.0785. The fourth-order valence-corrected chi connectivity index (χ4v) is 7.35. The molecule has 0 fully saturated rings. The van der Waals surface area contributed by atoms with Crippen molar-refractivity contribution in [3.05, 3.63) is 103 Å². The van der Waals surface area contributed by atoms with Crippen molar-refractivity contribution in [2.45, 2.75) is 26.3 Å². The van der Waals surface area contributed by atoms with E-state index in [-0.39, 0.29) is 5.54 Å². The standard InChI is InChI=1S/C35H29N3OS/c1-35(2,3)38-26-15-9-11-17-33(26)40-34-21-28-24(19-30(34)38)23-18-29-32(20-27(23)36(28)4)39-31-16-10-8-14-25(31)37(29)22-12-6-5-7-13-22/h5-21H,1-4H3. The maximum Gasteiger partial charge on any atom is 0.153 e. The molecule has 0 spiro atoms. The van der Waals surface area contributed by atoms with Crippen LogP contribution < -0.4 is 0 Å². The van der Waals surface area contributed by atoms with Crippen LogP contribution in [0, 0.1) is 0 Å². The van der Waals surface area contributed by atoms with Gasteiger partial charge in [0.25, 0.3) is 0 Å². The summed E-state index contributed by atoms with van der Waals surface area (Å²) in [6, 6.07) is 36.9. The summed E-state index contributed by atoms with van der Waals surface area (Å²) in [5.41, 5.74) is 9.77. The van der Waals surface area contributed by atoms with Crippen molar-refractivity contribution < 1.29 is 4.42 Å². The van der Waals surface area contributed by atoms with Gasteiger partial charge in [-0.25, -0.2) is 0 Å². The van der Waals surface area contributed by atoms with Crippen molar-refractivity contribution in [2.24, 2.45) is 7.05 Å². The molecule has 0 atom stereocenters. The molecule has 0 unspecified atom stereocenters. The van der Waals surface area contributed by atoms with E-state index >= 15 is 0 Å². The first-order chi connectivity index (χ1) is 19.4. The summed E-state index contributed by atoms with van der Waals surface area (Å²) in [6.07, 6.45) is 0. The number of aromatic nitrogens is 3. The zero-order chi connectivity index (χ0) is 27.2. The number of hydrogen-bond acceptors (Lipinski definition) is 2. The third kappa shape index (κ3) is 3.31. The minimum atomic E-state index is -0.0785. The fourth-order valence-electron chi connectivity index (χ4n) is 6.28. The molecular weight excluding hydrogens is 510 g/mol. The summed E-state index contributed by atoms with van der Waals surface area (Å²) in [6.45, 7) is 6.87. The summed E-state index contributed by atoms with van der Waals surface area (Å²) < 4.78 is 16.2. The van der Waals surface area contributed by atoms with Crippen LogP contribution in [-0.2, 0) is 12.6 Å². The molecule has 0 N–H and O–H groups in total. The van der Waals surface area contributed by atoms with Gasteiger partial charge in [0.05, 0.1) is 42.5 Å². The molecular formula is C35H29N3OS. The number of rotatable bonds is 1. The van der Waals surface area contributed by atoms with E-state index in [0.717, 1.165) is 33.4 Å². The highest BCUT2D eigenvalue weighted by molar-refractivity contribution is 7.24. The van der Waals surface area contributed by atoms with Gasteiger partial charge in [0.1, 0.15) is 0 Å². The molecule has 0 saturated carbocycles. The molecule has 5 heteroatoms. The molecule has 8 aromatic rings. The van der Waals surface area contributed by atoms with E-state index in [9.17, 15) is 0 Å². The number of aryl methyl sites for hydroxylation is 1. The maximum atomic E-state index is 6.52. The number of benzene rings is 5. The molecule has 5 aromatic carbocycles. The van der Waals surface area contributed by atoms with E-state index in [1.165, 1.54) is 36.7 Å². The van der Waals surface area contributed by atoms with E-state index in [4.69, 9.17) is 4.42 Å². The first-order valence-corrected chi connectivity index (χ1v) is 14.5. The summed E-state index contributed by atoms with van der Waals surface area (Å²) >= 11 is 1.86. The Hall–Kier alpha value is -4.48. The summed E-state index contributed by atoms with van der Waals surface area (Å²) in [5.74, 6) is 0. The number of para-hydroxylation sites is 4. The highest BCUT2D eigenvalue weighted by Gasteiger charge is 2.21. The molecule has 3 aromatic heterocycles. The van der Waals surface area contributed by atoms with E-state index < -0.39 is 0 Å². The molecule has 4 nitrogen and oxygen atoms in total. The van der Waals surface area contributed by atoms with Crippen LogP contribution in [-0.4, -0.2) is 13.7 Å². The monoisotopic (exact) mass is 539 g/mol. The lowest BCUT2D eigenvalue weighted by Crippen LogP contribution is -2.22. The first kappa shape index (κ1) is 23.4. The SMILES string of the molecule is Cn1c2cc3oc4ccccc4n(-c4ccccc4)c3cc2c2cc3c(cc21)sc1ccccc1n3C(C)(C)C. The summed E-state index contributed by atoms with van der Waals surface area (Å²) in [4.78, 5) is 0. The van der Waals surface area contributed by atoms with Crippen molar-refractivity contribution in [2.75, 3.05) is 0 Å². The largest absolute Gasteiger partial charge is 0.453 e. The van der Waals surface area contributed by atoms with Gasteiger partial charge in [0.2, 0.25) is 0 Å². The van der Waals surface area contributed by atoms with Gasteiger partial charge in [0, 0.05) is 35.1 Å². The van der Waals surface area contributed by atoms with Gasteiger partial charge in [-0.1, -0.05) is 42.5 Å². The Kier molecular flexibility index (Phi) is 4.84. The third-order valence-corrected chi connectivity index (χ3v) is 9.10. The lowest BCUT2D eigenvalue weighted by molar-refractivity contribution is 0.422. The van der Waals surface area contributed by atoms with Gasteiger partial charge in [-0.2, -0.15) is 0 Å². The summed E-state index contributed by atoms with van der Waals surface area (Å²) in [7, 11) is 2.16. The van der Waals surface area contributed by atoms with Crippen LogP contribution in [0.25, 0.3) is 70.1 Å². The van der Waals surface area contributed by atoms with E-state index in [2.05, 4.69) is 133 Å². The van der Waals surface area contributed by atoms with Crippen LogP contribution in [0.3, 0.4) is 0 Å². The molecule has 0 aliphatic rings. The van der Waals surface area contributed by atoms with Crippen molar-refractivity contribution in [1.29, 1.82) is 0 Å². The normalized spacial score (nSPS) is 12.5. The molecule has 0 saturated heterocycles. The number of hydrogen-bond donors (Lipinski definition) is 0. The van der Waals surface area contributed by atoms with Crippen LogP contribution in [0.2, 0.25) is 0 Å². The predicted molar refractivity (Wildman–Crippen MR) is 171 cm³/mol. The lowest BCUT2D eigenvalue weighted by Gasteiger charge is -2.28. The Morgan fingerprint density at radius 1 is 0.575 bits per heavy atom. The van der Waals surface area contributed by atoms with Crippen molar-refractivity contribution in [1.82, 2.24) is 13.7 Å². The van der Waals surface area contributed by atoms with E-state index in [1.54, 1.807) is 0 Å². The molecule has 0 aliphatic carbocycles. The molecule has 0 aliphatic heterocycles. The Labute approximate surface area is 235 Å². The second-order valence-corrected chi connectivity index (χ2v) is 12.6. The molecule has 0 radical (unpaired) electrons. The van der Waals surface area contributed by atoms with Gasteiger partial charge in [-0.05, 0) is 75.4 Å². The smallest absolute Gasteiger partial charge is 0.153 e. The van der Waals surface area contributed by atoms with Gasteiger partial charge >= 0.3 is 0 Å². The Balaban J connectivity index is 1.56. The van der Waals surface area contributed by atoms with Crippen LogP contribution in [0.15, 0.2) is 108 Å². The van der Waals surface area contributed by atoms with Crippen molar-refractivity contribution in [3.8, 4) is 5.69 Å². The summed E-state index contributed by atoms with van der Waals surface area (Å²) in [5, 5.41) is 2.47. The molecule has 40 heavy (non-hydrogen) atoms. The number of nitrogens with zero attached hydrogens (tertiary/aromatic N) is 3. The van der Waals surface area contributed by atoms with Crippen LogP contribution in [0.5, 0.6) is 0 Å². The van der Waals surface area contributed by atoms with Gasteiger partial charge in [-0.15, -0.1) is 11.3 Å². The van der Waals surface area contributed by atoms with Crippen LogP contribution in [0.1, 0.15) is 20.8 Å². The minimum Gasteiger partial charge on any atom is -0.453 e. The van der Waals surface area contributed by atoms with Crippen molar-refractivity contribution in [3.63, 3.8) is 0 Å². The third-order valence-electron chi connectivity index (χ3n) is 7.99. The zero-order valence-electron chi connectivity index (χ0n) is 23.0. The molecule has 0 amide bonds. The zero-order valence-corrected chi connectivity index (χ0v) is 23.8. The number of fused-ring (bicyclic) bond motifs is 7. The Morgan fingerprint density at radius 3 is 2.00 bits per heavy atom. The molecule has 3 heterocycles. The van der Waals surface area contributed by atoms with Crippen molar-refractivity contribution >= 4 is 75.8 Å². The van der Waals surface area contributed by atoms with Gasteiger partial charge < -0.3 is 18.1 Å². The average Bonchev–Trinajstić information content (AvgIpc) is 3.21. The maximum absolute atomic E-state index is 6.52. The Morgan fingerprint density at radius 2 is 1.23 bits per heavy atom. The highest BCUT2D eigenvalue weighted by atomic mass is 32.1. The van der Waals surface area contributed by atoms with Gasteiger partial charge in [-0.3, -0.25) is 0 Å². The van der Waals surface area contributed by atoms with Crippen LogP contribution >= 0.6 is 11.3 Å². The second kappa shape index (κ2) is 8.26. The molecule has 196 valence electrons. The van der Waals surface area contributed by atoms with E-state index in [0.29, 0.717) is 0 Å². The highest BCUT2D eigenvalue weighted by Crippen LogP contribution is 2.40. The quantitative estimate of drug-likeness (QED) is 0.191. The van der Waals surface area contributed by atoms with E-state index in [1.807, 2.05) is 23.5 Å². The van der Waals surface area contributed by atoms with Crippen LogP contribution in [0.4, 0.5) is 0 Å². The van der Waals surface area contributed by atoms with Gasteiger partial charge in [0.15, 0.2) is 11.2 Å². The molecule has 8 rings (SSSR count). The fraction of sp³-hybridized carbons (Fsp3) is 0.143. The second-order valence-electron chi connectivity index (χ2n) is 11.5. The average molecular weight is 540 g/mol.